The second-order valence-corrected chi connectivity index (χ2v) is 3.56. The van der Waals surface area contributed by atoms with Crippen LogP contribution in [0.5, 0.6) is 0 Å². The van der Waals surface area contributed by atoms with E-state index in [1.165, 1.54) is 9.80 Å². The minimum atomic E-state index is 0.431. The van der Waals surface area contributed by atoms with Gasteiger partial charge in [-0.2, -0.15) is 10.2 Å². The molecule has 0 aliphatic carbocycles. The van der Waals surface area contributed by atoms with Crippen molar-refractivity contribution in [1.82, 2.24) is 20.0 Å². The zero-order chi connectivity index (χ0) is 12.0. The highest BCUT2D eigenvalue weighted by Crippen LogP contribution is 2.00. The number of carbonyl (C=O) groups excluding carboxylic acids is 2. The van der Waals surface area contributed by atoms with Gasteiger partial charge >= 0.3 is 0 Å². The first-order chi connectivity index (χ1) is 7.65. The molecule has 0 unspecified atom stereocenters. The molecule has 6 nitrogen and oxygen atoms in total. The average Bonchev–Trinajstić information content (AvgIpc) is 2.31. The maximum Gasteiger partial charge on any atom is 0.209 e. The van der Waals surface area contributed by atoms with Crippen LogP contribution in [0.3, 0.4) is 0 Å². The van der Waals surface area contributed by atoms with Gasteiger partial charge in [-0.1, -0.05) is 0 Å². The van der Waals surface area contributed by atoms with Crippen LogP contribution in [-0.2, 0) is 22.7 Å². The van der Waals surface area contributed by atoms with Gasteiger partial charge in [0.15, 0.2) is 0 Å². The fourth-order valence-corrected chi connectivity index (χ4v) is 1.14. The molecule has 0 bridgehead atoms. The van der Waals surface area contributed by atoms with Gasteiger partial charge in [-0.05, 0) is 12.1 Å². The zero-order valence-corrected chi connectivity index (χ0v) is 9.33. The molecule has 0 aliphatic heterocycles. The molecule has 86 valence electrons. The van der Waals surface area contributed by atoms with Crippen LogP contribution in [0, 0.1) is 0 Å². The van der Waals surface area contributed by atoms with E-state index in [-0.39, 0.29) is 0 Å². The minimum absolute atomic E-state index is 0.431. The Morgan fingerprint density at radius 2 is 1.38 bits per heavy atom. The second-order valence-electron chi connectivity index (χ2n) is 3.56. The van der Waals surface area contributed by atoms with Gasteiger partial charge in [0.05, 0.1) is 24.5 Å². The Balaban J connectivity index is 2.60. The Kier molecular flexibility index (Phi) is 4.38. The van der Waals surface area contributed by atoms with Gasteiger partial charge in [0.1, 0.15) is 0 Å². The average molecular weight is 222 g/mol. The highest BCUT2D eigenvalue weighted by atomic mass is 16.1. The summed E-state index contributed by atoms with van der Waals surface area (Å²) >= 11 is 0. The molecular formula is C10H14N4O2. The number of hydrogen-bond donors (Lipinski definition) is 0. The lowest BCUT2D eigenvalue weighted by atomic mass is 10.3. The molecule has 1 heterocycles. The van der Waals surface area contributed by atoms with Gasteiger partial charge in [0.25, 0.3) is 0 Å². The third-order valence-electron chi connectivity index (χ3n) is 1.96. The molecule has 0 fully saturated rings. The van der Waals surface area contributed by atoms with Crippen molar-refractivity contribution in [3.8, 4) is 0 Å². The summed E-state index contributed by atoms with van der Waals surface area (Å²) in [6.45, 7) is 0.862. The third kappa shape index (κ3) is 3.64. The summed E-state index contributed by atoms with van der Waals surface area (Å²) < 4.78 is 0. The third-order valence-corrected chi connectivity index (χ3v) is 1.96. The van der Waals surface area contributed by atoms with Crippen molar-refractivity contribution in [3.05, 3.63) is 23.5 Å². The first-order valence-corrected chi connectivity index (χ1v) is 4.78. The molecule has 1 rings (SSSR count). The summed E-state index contributed by atoms with van der Waals surface area (Å²) in [6, 6.07) is 3.59. The van der Waals surface area contributed by atoms with Crippen molar-refractivity contribution in [2.45, 2.75) is 13.1 Å². The van der Waals surface area contributed by atoms with Crippen LogP contribution in [0.15, 0.2) is 12.1 Å². The van der Waals surface area contributed by atoms with E-state index in [9.17, 15) is 9.59 Å². The standard InChI is InChI=1S/C10H14N4O2/c1-13(7-15)5-9-3-4-10(12-11-9)6-14(2)8-16/h3-4,7-8H,5-6H2,1-2H3. The SMILES string of the molecule is CN(C=O)Cc1ccc(CN(C)C=O)nn1. The molecule has 0 saturated carbocycles. The Bertz CT molecular complexity index is 317. The number of rotatable bonds is 6. The summed E-state index contributed by atoms with van der Waals surface area (Å²) in [5, 5.41) is 7.92. The van der Waals surface area contributed by atoms with Crippen LogP contribution in [0.2, 0.25) is 0 Å². The van der Waals surface area contributed by atoms with E-state index in [1.54, 1.807) is 26.2 Å². The van der Waals surface area contributed by atoms with Gasteiger partial charge in [0, 0.05) is 14.1 Å². The van der Waals surface area contributed by atoms with Gasteiger partial charge < -0.3 is 9.80 Å². The molecule has 2 amide bonds. The van der Waals surface area contributed by atoms with Crippen LogP contribution >= 0.6 is 0 Å². The molecule has 1 aromatic heterocycles. The number of aromatic nitrogens is 2. The normalized spacial score (nSPS) is 9.62. The molecule has 0 spiro atoms. The Morgan fingerprint density at radius 3 is 1.62 bits per heavy atom. The smallest absolute Gasteiger partial charge is 0.209 e. The van der Waals surface area contributed by atoms with Gasteiger partial charge in [0.2, 0.25) is 12.8 Å². The Hall–Kier alpha value is -1.98. The minimum Gasteiger partial charge on any atom is -0.342 e. The lowest BCUT2D eigenvalue weighted by Crippen LogP contribution is -2.18. The Labute approximate surface area is 93.9 Å². The van der Waals surface area contributed by atoms with Crippen molar-refractivity contribution in [2.24, 2.45) is 0 Å². The maximum absolute atomic E-state index is 10.4. The van der Waals surface area contributed by atoms with Gasteiger partial charge in [-0.25, -0.2) is 0 Å². The van der Waals surface area contributed by atoms with E-state index < -0.39 is 0 Å². The highest BCUT2D eigenvalue weighted by molar-refractivity contribution is 5.46. The van der Waals surface area contributed by atoms with Crippen LogP contribution in [-0.4, -0.2) is 46.9 Å². The lowest BCUT2D eigenvalue weighted by molar-refractivity contribution is -0.118. The molecular weight excluding hydrogens is 208 g/mol. The van der Waals surface area contributed by atoms with Crippen LogP contribution < -0.4 is 0 Å². The molecule has 0 radical (unpaired) electrons. The molecule has 0 N–H and O–H groups in total. The lowest BCUT2D eigenvalue weighted by Gasteiger charge is -2.11. The summed E-state index contributed by atoms with van der Waals surface area (Å²) in [5.74, 6) is 0. The van der Waals surface area contributed by atoms with E-state index in [4.69, 9.17) is 0 Å². The first kappa shape index (κ1) is 12.1. The Morgan fingerprint density at radius 1 is 1.00 bits per heavy atom. The van der Waals surface area contributed by atoms with Crippen LogP contribution in [0.1, 0.15) is 11.4 Å². The van der Waals surface area contributed by atoms with Crippen molar-refractivity contribution in [3.63, 3.8) is 0 Å². The maximum atomic E-state index is 10.4. The van der Waals surface area contributed by atoms with E-state index in [2.05, 4.69) is 10.2 Å². The number of carbonyl (C=O) groups is 2. The number of hydrogen-bond acceptors (Lipinski definition) is 4. The fourth-order valence-electron chi connectivity index (χ4n) is 1.14. The second kappa shape index (κ2) is 5.79. The van der Waals surface area contributed by atoms with Crippen molar-refractivity contribution < 1.29 is 9.59 Å². The predicted octanol–water partition coefficient (Wildman–Crippen LogP) is -0.347. The zero-order valence-electron chi connectivity index (χ0n) is 9.33. The number of nitrogens with zero attached hydrogens (tertiary/aromatic N) is 4. The summed E-state index contributed by atoms with van der Waals surface area (Å²) in [7, 11) is 3.34. The van der Waals surface area contributed by atoms with Gasteiger partial charge in [-0.3, -0.25) is 9.59 Å². The molecule has 0 saturated heterocycles. The van der Waals surface area contributed by atoms with Crippen LogP contribution in [0.25, 0.3) is 0 Å². The predicted molar refractivity (Wildman–Crippen MR) is 57.1 cm³/mol. The fraction of sp³-hybridized carbons (Fsp3) is 0.400. The van der Waals surface area contributed by atoms with Crippen molar-refractivity contribution >= 4 is 12.8 Å². The molecule has 0 aromatic carbocycles. The van der Waals surface area contributed by atoms with Crippen LogP contribution in [0.4, 0.5) is 0 Å². The molecule has 16 heavy (non-hydrogen) atoms. The number of amides is 2. The summed E-state index contributed by atoms with van der Waals surface area (Å²) in [6.07, 6.45) is 1.46. The van der Waals surface area contributed by atoms with E-state index in [0.717, 1.165) is 12.8 Å². The molecule has 0 aliphatic rings. The monoisotopic (exact) mass is 222 g/mol. The van der Waals surface area contributed by atoms with E-state index >= 15 is 0 Å². The first-order valence-electron chi connectivity index (χ1n) is 4.78. The summed E-state index contributed by atoms with van der Waals surface area (Å²) in [5.41, 5.74) is 1.43. The molecule has 0 atom stereocenters. The largest absolute Gasteiger partial charge is 0.342 e. The quantitative estimate of drug-likeness (QED) is 0.617. The van der Waals surface area contributed by atoms with E-state index in [1.807, 2.05) is 0 Å². The van der Waals surface area contributed by atoms with Crippen molar-refractivity contribution in [2.75, 3.05) is 14.1 Å². The molecule has 6 heteroatoms. The van der Waals surface area contributed by atoms with E-state index in [0.29, 0.717) is 24.5 Å². The van der Waals surface area contributed by atoms with Gasteiger partial charge in [-0.15, -0.1) is 0 Å². The topological polar surface area (TPSA) is 66.4 Å². The summed E-state index contributed by atoms with van der Waals surface area (Å²) in [4.78, 5) is 23.7. The van der Waals surface area contributed by atoms with Crippen molar-refractivity contribution in [1.29, 1.82) is 0 Å². The molecule has 1 aromatic rings. The highest BCUT2D eigenvalue weighted by Gasteiger charge is 2.02.